The molecule has 2 fully saturated rings. The summed E-state index contributed by atoms with van der Waals surface area (Å²) >= 11 is 5.80. The average molecular weight is 267 g/mol. The first kappa shape index (κ1) is 12.2. The van der Waals surface area contributed by atoms with Gasteiger partial charge in [0.25, 0.3) is 0 Å². The summed E-state index contributed by atoms with van der Waals surface area (Å²) in [6.07, 6.45) is 4.02. The highest BCUT2D eigenvalue weighted by molar-refractivity contribution is 6.29. The van der Waals surface area contributed by atoms with Crippen LogP contribution in [0.25, 0.3) is 0 Å². The minimum absolute atomic E-state index is 0.461. The Hall–Kier alpha value is -0.870. The van der Waals surface area contributed by atoms with E-state index in [1.54, 1.807) is 0 Å². The zero-order valence-electron chi connectivity index (χ0n) is 10.7. The summed E-state index contributed by atoms with van der Waals surface area (Å²) in [4.78, 5) is 5.00. The second-order valence-electron chi connectivity index (χ2n) is 5.36. The maximum atomic E-state index is 5.80. The second-order valence-corrected chi connectivity index (χ2v) is 5.75. The summed E-state index contributed by atoms with van der Waals surface area (Å²) in [5.74, 6) is 0.956. The molecular weight excluding hydrogens is 248 g/mol. The van der Waals surface area contributed by atoms with E-state index in [9.17, 15) is 0 Å². The van der Waals surface area contributed by atoms with Gasteiger partial charge >= 0.3 is 0 Å². The molecular formula is C13H19ClN4. The lowest BCUT2D eigenvalue weighted by Crippen LogP contribution is -2.59. The van der Waals surface area contributed by atoms with E-state index in [0.29, 0.717) is 17.2 Å². The largest absolute Gasteiger partial charge is 0.350 e. The van der Waals surface area contributed by atoms with E-state index in [2.05, 4.69) is 26.9 Å². The van der Waals surface area contributed by atoms with Gasteiger partial charge in [0.05, 0.1) is 0 Å². The predicted octanol–water partition coefficient (Wildman–Crippen LogP) is 2.19. The van der Waals surface area contributed by atoms with Crippen molar-refractivity contribution in [3.8, 4) is 0 Å². The van der Waals surface area contributed by atoms with Gasteiger partial charge in [-0.3, -0.25) is 4.90 Å². The first-order valence-electron chi connectivity index (χ1n) is 6.74. The van der Waals surface area contributed by atoms with Crippen LogP contribution < -0.4 is 4.90 Å². The molecule has 0 saturated carbocycles. The normalized spacial score (nSPS) is 29.1. The van der Waals surface area contributed by atoms with Crippen LogP contribution in [0, 0.1) is 0 Å². The van der Waals surface area contributed by atoms with Crippen molar-refractivity contribution in [1.29, 1.82) is 0 Å². The van der Waals surface area contributed by atoms with Crippen LogP contribution in [0.15, 0.2) is 12.1 Å². The first-order valence-corrected chi connectivity index (χ1v) is 7.12. The minimum Gasteiger partial charge on any atom is -0.350 e. The third-order valence-electron chi connectivity index (χ3n) is 4.10. The molecule has 0 amide bonds. The third-order valence-corrected chi connectivity index (χ3v) is 4.30. The molecule has 3 heterocycles. The highest BCUT2D eigenvalue weighted by Gasteiger charge is 2.33. The number of aromatic nitrogens is 2. The summed E-state index contributed by atoms with van der Waals surface area (Å²) < 4.78 is 0. The molecule has 98 valence electrons. The summed E-state index contributed by atoms with van der Waals surface area (Å²) in [5, 5.41) is 8.63. The fourth-order valence-corrected chi connectivity index (χ4v) is 3.23. The number of hydrogen-bond acceptors (Lipinski definition) is 4. The lowest BCUT2D eigenvalue weighted by molar-refractivity contribution is 0.115. The molecule has 3 rings (SSSR count). The van der Waals surface area contributed by atoms with Crippen molar-refractivity contribution in [1.82, 2.24) is 15.1 Å². The van der Waals surface area contributed by atoms with Gasteiger partial charge in [0.15, 0.2) is 11.0 Å². The van der Waals surface area contributed by atoms with Gasteiger partial charge in [-0.2, -0.15) is 0 Å². The maximum absolute atomic E-state index is 5.80. The highest BCUT2D eigenvalue weighted by atomic mass is 35.5. The molecule has 18 heavy (non-hydrogen) atoms. The summed E-state index contributed by atoms with van der Waals surface area (Å²) in [6.45, 7) is 5.72. The van der Waals surface area contributed by atoms with Gasteiger partial charge < -0.3 is 4.90 Å². The standard InChI is InChI=1S/C13H19ClN4/c1-10-8-17-7-3-2-4-11(17)9-18(10)13-6-5-12(14)15-16-13/h5-6,10-11H,2-4,7-9H2,1H3. The Labute approximate surface area is 113 Å². The van der Waals surface area contributed by atoms with E-state index < -0.39 is 0 Å². The summed E-state index contributed by atoms with van der Waals surface area (Å²) in [7, 11) is 0. The van der Waals surface area contributed by atoms with Gasteiger partial charge in [-0.25, -0.2) is 0 Å². The molecule has 2 aliphatic heterocycles. The highest BCUT2D eigenvalue weighted by Crippen LogP contribution is 2.26. The van der Waals surface area contributed by atoms with Crippen molar-refractivity contribution in [2.24, 2.45) is 0 Å². The Morgan fingerprint density at radius 1 is 1.22 bits per heavy atom. The van der Waals surface area contributed by atoms with Crippen molar-refractivity contribution in [3.63, 3.8) is 0 Å². The molecule has 1 aromatic heterocycles. The second kappa shape index (κ2) is 5.02. The summed E-state index contributed by atoms with van der Waals surface area (Å²) in [6, 6.07) is 4.98. The molecule has 0 radical (unpaired) electrons. The quantitative estimate of drug-likeness (QED) is 0.780. The SMILES string of the molecule is CC1CN2CCCCC2CN1c1ccc(Cl)nn1. The summed E-state index contributed by atoms with van der Waals surface area (Å²) in [5.41, 5.74) is 0. The van der Waals surface area contributed by atoms with Gasteiger partial charge in [-0.1, -0.05) is 18.0 Å². The van der Waals surface area contributed by atoms with Crippen LogP contribution in [-0.2, 0) is 0 Å². The smallest absolute Gasteiger partial charge is 0.151 e. The predicted molar refractivity (Wildman–Crippen MR) is 73.1 cm³/mol. The number of anilines is 1. The van der Waals surface area contributed by atoms with Gasteiger partial charge in [-0.05, 0) is 38.4 Å². The fraction of sp³-hybridized carbons (Fsp3) is 0.692. The molecule has 2 atom stereocenters. The van der Waals surface area contributed by atoms with Crippen LogP contribution >= 0.6 is 11.6 Å². The molecule has 1 aromatic rings. The van der Waals surface area contributed by atoms with Gasteiger partial charge in [0.2, 0.25) is 0 Å². The topological polar surface area (TPSA) is 32.3 Å². The molecule has 0 aromatic carbocycles. The van der Waals surface area contributed by atoms with Gasteiger partial charge in [-0.15, -0.1) is 10.2 Å². The zero-order chi connectivity index (χ0) is 12.5. The van der Waals surface area contributed by atoms with Crippen LogP contribution in [0.4, 0.5) is 5.82 Å². The van der Waals surface area contributed by atoms with Crippen LogP contribution in [0.3, 0.4) is 0 Å². The lowest BCUT2D eigenvalue weighted by atomic mass is 9.97. The Bertz CT molecular complexity index is 408. The molecule has 2 aliphatic rings. The fourth-order valence-electron chi connectivity index (χ4n) is 3.13. The molecule has 5 heteroatoms. The first-order chi connectivity index (χ1) is 8.74. The number of nitrogens with zero attached hydrogens (tertiary/aromatic N) is 4. The van der Waals surface area contributed by atoms with Crippen LogP contribution in [0.1, 0.15) is 26.2 Å². The van der Waals surface area contributed by atoms with Crippen molar-refractivity contribution < 1.29 is 0 Å². The van der Waals surface area contributed by atoms with Crippen LogP contribution in [0.5, 0.6) is 0 Å². The van der Waals surface area contributed by atoms with E-state index in [0.717, 1.165) is 18.9 Å². The van der Waals surface area contributed by atoms with E-state index in [4.69, 9.17) is 11.6 Å². The molecule has 0 N–H and O–H groups in total. The molecule has 2 unspecified atom stereocenters. The number of piperidine rings is 1. The average Bonchev–Trinajstić information content (AvgIpc) is 2.39. The Kier molecular flexibility index (Phi) is 3.39. The number of hydrogen-bond donors (Lipinski definition) is 0. The van der Waals surface area contributed by atoms with E-state index >= 15 is 0 Å². The van der Waals surface area contributed by atoms with E-state index in [-0.39, 0.29) is 0 Å². The monoisotopic (exact) mass is 266 g/mol. The molecule has 0 bridgehead atoms. The van der Waals surface area contributed by atoms with Gasteiger partial charge in [0, 0.05) is 25.2 Å². The van der Waals surface area contributed by atoms with E-state index in [1.807, 2.05) is 12.1 Å². The zero-order valence-corrected chi connectivity index (χ0v) is 11.5. The van der Waals surface area contributed by atoms with Crippen molar-refractivity contribution in [2.75, 3.05) is 24.5 Å². The Morgan fingerprint density at radius 3 is 2.89 bits per heavy atom. The van der Waals surface area contributed by atoms with Crippen molar-refractivity contribution in [3.05, 3.63) is 17.3 Å². The lowest BCUT2D eigenvalue weighted by Gasteiger charge is -2.47. The van der Waals surface area contributed by atoms with Gasteiger partial charge in [0.1, 0.15) is 0 Å². The molecule has 2 saturated heterocycles. The third kappa shape index (κ3) is 2.31. The number of piperazine rings is 1. The van der Waals surface area contributed by atoms with Crippen LogP contribution in [-0.4, -0.2) is 46.8 Å². The molecule has 0 spiro atoms. The number of rotatable bonds is 1. The number of halogens is 1. The molecule has 0 aliphatic carbocycles. The number of fused-ring (bicyclic) bond motifs is 1. The Balaban J connectivity index is 1.77. The maximum Gasteiger partial charge on any atom is 0.151 e. The van der Waals surface area contributed by atoms with Crippen molar-refractivity contribution in [2.45, 2.75) is 38.3 Å². The van der Waals surface area contributed by atoms with Crippen LogP contribution in [0.2, 0.25) is 5.15 Å². The molecule has 4 nitrogen and oxygen atoms in total. The van der Waals surface area contributed by atoms with E-state index in [1.165, 1.54) is 25.8 Å². The van der Waals surface area contributed by atoms with Crippen molar-refractivity contribution >= 4 is 17.4 Å². The minimum atomic E-state index is 0.461. The Morgan fingerprint density at radius 2 is 2.11 bits per heavy atom.